The van der Waals surface area contributed by atoms with Gasteiger partial charge in [0.05, 0.1) is 5.69 Å². The van der Waals surface area contributed by atoms with Gasteiger partial charge >= 0.3 is 0 Å². The Hall–Kier alpha value is -2.53. The van der Waals surface area contributed by atoms with E-state index in [0.29, 0.717) is 15.9 Å². The number of nitrogens with one attached hydrogen (secondary N) is 1. The van der Waals surface area contributed by atoms with Crippen LogP contribution in [-0.4, -0.2) is 20.5 Å². The number of hydrogen-bond donors (Lipinski definition) is 1. The van der Waals surface area contributed by atoms with Crippen molar-refractivity contribution in [3.63, 3.8) is 0 Å². The number of carbonyl (C=O) groups excluding carboxylic acids is 1. The van der Waals surface area contributed by atoms with Crippen LogP contribution in [0.15, 0.2) is 60.9 Å². The number of H-pyrrole nitrogens is 1. The Morgan fingerprint density at radius 3 is 2.50 bits per heavy atom. The van der Waals surface area contributed by atoms with Crippen LogP contribution in [0.1, 0.15) is 15.9 Å². The number of rotatable bonds is 3. The second kappa shape index (κ2) is 5.22. The van der Waals surface area contributed by atoms with E-state index in [9.17, 15) is 4.79 Å². The number of benzene rings is 2. The molecule has 0 atom stereocenters. The van der Waals surface area contributed by atoms with Crippen LogP contribution in [0, 0.1) is 4.77 Å². The number of carbonyl (C=O) groups is 1. The van der Waals surface area contributed by atoms with Crippen LogP contribution in [0.25, 0.3) is 5.69 Å². The van der Waals surface area contributed by atoms with Crippen molar-refractivity contribution >= 4 is 18.0 Å². The summed E-state index contributed by atoms with van der Waals surface area (Å²) in [6.07, 6.45) is 1.59. The largest absolute Gasteiger partial charge is 0.289 e. The fraction of sp³-hybridized carbons (Fsp3) is 0. The van der Waals surface area contributed by atoms with Gasteiger partial charge in [0.2, 0.25) is 0 Å². The molecule has 0 aliphatic carbocycles. The lowest BCUT2D eigenvalue weighted by molar-refractivity contribution is 0.103. The lowest BCUT2D eigenvalue weighted by Gasteiger charge is -2.05. The fourth-order valence-electron chi connectivity index (χ4n) is 1.99. The summed E-state index contributed by atoms with van der Waals surface area (Å²) >= 11 is 5.13. The maximum atomic E-state index is 12.4. The maximum Gasteiger partial charge on any atom is 0.199 e. The minimum atomic E-state index is -0.0116. The van der Waals surface area contributed by atoms with Crippen molar-refractivity contribution in [3.05, 3.63) is 76.8 Å². The van der Waals surface area contributed by atoms with Gasteiger partial charge in [-0.25, -0.2) is 0 Å². The van der Waals surface area contributed by atoms with Crippen molar-refractivity contribution in [1.82, 2.24) is 14.8 Å². The van der Waals surface area contributed by atoms with E-state index in [2.05, 4.69) is 10.2 Å². The fourth-order valence-corrected chi connectivity index (χ4v) is 2.19. The van der Waals surface area contributed by atoms with Gasteiger partial charge < -0.3 is 0 Å². The van der Waals surface area contributed by atoms with Crippen molar-refractivity contribution in [2.75, 3.05) is 0 Å². The van der Waals surface area contributed by atoms with E-state index >= 15 is 0 Å². The average Bonchev–Trinajstić information content (AvgIpc) is 2.94. The first kappa shape index (κ1) is 12.5. The normalized spacial score (nSPS) is 10.4. The molecule has 20 heavy (non-hydrogen) atoms. The quantitative estimate of drug-likeness (QED) is 0.592. The van der Waals surface area contributed by atoms with Gasteiger partial charge in [0.25, 0.3) is 0 Å². The number of nitrogens with zero attached hydrogens (tertiary/aromatic N) is 2. The van der Waals surface area contributed by atoms with Crippen molar-refractivity contribution in [1.29, 1.82) is 0 Å². The van der Waals surface area contributed by atoms with Crippen LogP contribution in [0.2, 0.25) is 0 Å². The highest BCUT2D eigenvalue weighted by molar-refractivity contribution is 7.71. The topological polar surface area (TPSA) is 50.7 Å². The van der Waals surface area contributed by atoms with E-state index in [1.165, 1.54) is 0 Å². The van der Waals surface area contributed by atoms with E-state index in [1.807, 2.05) is 30.3 Å². The van der Waals surface area contributed by atoms with Crippen LogP contribution < -0.4 is 0 Å². The zero-order chi connectivity index (χ0) is 13.9. The van der Waals surface area contributed by atoms with Gasteiger partial charge in [-0.3, -0.25) is 14.5 Å². The summed E-state index contributed by atoms with van der Waals surface area (Å²) in [7, 11) is 0. The summed E-state index contributed by atoms with van der Waals surface area (Å²) < 4.78 is 2.21. The summed E-state index contributed by atoms with van der Waals surface area (Å²) in [6.45, 7) is 0. The minimum absolute atomic E-state index is 0.0116. The van der Waals surface area contributed by atoms with Crippen molar-refractivity contribution in [2.45, 2.75) is 0 Å². The van der Waals surface area contributed by atoms with E-state index in [0.717, 1.165) is 5.69 Å². The summed E-state index contributed by atoms with van der Waals surface area (Å²) in [4.78, 5) is 12.4. The molecule has 1 N–H and O–H groups in total. The number of aromatic amines is 1. The van der Waals surface area contributed by atoms with Gasteiger partial charge in [-0.2, -0.15) is 5.10 Å². The second-order valence-electron chi connectivity index (χ2n) is 4.28. The monoisotopic (exact) mass is 281 g/mol. The molecule has 0 fully saturated rings. The van der Waals surface area contributed by atoms with E-state index in [1.54, 1.807) is 35.2 Å². The Morgan fingerprint density at radius 1 is 1.05 bits per heavy atom. The molecule has 3 aromatic rings. The highest BCUT2D eigenvalue weighted by Crippen LogP contribution is 2.14. The van der Waals surface area contributed by atoms with E-state index in [4.69, 9.17) is 12.2 Å². The van der Waals surface area contributed by atoms with Crippen LogP contribution in [0.4, 0.5) is 0 Å². The number of hydrogen-bond acceptors (Lipinski definition) is 3. The first-order valence-electron chi connectivity index (χ1n) is 6.08. The summed E-state index contributed by atoms with van der Waals surface area (Å²) in [5.41, 5.74) is 2.10. The predicted molar refractivity (Wildman–Crippen MR) is 78.6 cm³/mol. The summed E-state index contributed by atoms with van der Waals surface area (Å²) in [5, 5.41) is 6.57. The van der Waals surface area contributed by atoms with E-state index < -0.39 is 0 Å². The van der Waals surface area contributed by atoms with Gasteiger partial charge in [-0.05, 0) is 24.4 Å². The molecule has 3 rings (SSSR count). The van der Waals surface area contributed by atoms with Gasteiger partial charge in [0.1, 0.15) is 6.33 Å². The van der Waals surface area contributed by atoms with Crippen LogP contribution in [-0.2, 0) is 0 Å². The Morgan fingerprint density at radius 2 is 1.80 bits per heavy atom. The first-order chi connectivity index (χ1) is 9.75. The average molecular weight is 281 g/mol. The number of ketones is 1. The third-order valence-electron chi connectivity index (χ3n) is 2.97. The van der Waals surface area contributed by atoms with E-state index in [-0.39, 0.29) is 5.78 Å². The zero-order valence-electron chi connectivity index (χ0n) is 10.5. The highest BCUT2D eigenvalue weighted by Gasteiger charge is 2.09. The third-order valence-corrected chi connectivity index (χ3v) is 3.26. The molecule has 0 bridgehead atoms. The number of aromatic nitrogens is 3. The van der Waals surface area contributed by atoms with Gasteiger partial charge in [0.15, 0.2) is 10.6 Å². The highest BCUT2D eigenvalue weighted by atomic mass is 32.1. The molecular formula is C15H11N3OS. The van der Waals surface area contributed by atoms with Gasteiger partial charge in [0, 0.05) is 11.1 Å². The lowest BCUT2D eigenvalue weighted by atomic mass is 10.0. The molecular weight excluding hydrogens is 270 g/mol. The van der Waals surface area contributed by atoms with Gasteiger partial charge in [-0.1, -0.05) is 42.5 Å². The minimum Gasteiger partial charge on any atom is -0.289 e. The Bertz CT molecular complexity index is 805. The molecule has 0 saturated carbocycles. The maximum absolute atomic E-state index is 12.4. The molecule has 98 valence electrons. The molecule has 0 spiro atoms. The molecule has 1 aromatic heterocycles. The lowest BCUT2D eigenvalue weighted by Crippen LogP contribution is -2.02. The zero-order valence-corrected chi connectivity index (χ0v) is 11.3. The summed E-state index contributed by atoms with van der Waals surface area (Å²) in [6, 6.07) is 16.5. The van der Waals surface area contributed by atoms with Crippen LogP contribution in [0.3, 0.4) is 0 Å². The molecule has 0 unspecified atom stereocenters. The molecule has 1 heterocycles. The predicted octanol–water partition coefficient (Wildman–Crippen LogP) is 3.16. The van der Waals surface area contributed by atoms with Crippen LogP contribution >= 0.6 is 12.2 Å². The Labute approximate surface area is 120 Å². The molecule has 0 radical (unpaired) electrons. The molecule has 0 aliphatic rings. The van der Waals surface area contributed by atoms with Crippen molar-refractivity contribution in [2.24, 2.45) is 0 Å². The molecule has 0 aliphatic heterocycles. The Balaban J connectivity index is 2.03. The third kappa shape index (κ3) is 2.31. The van der Waals surface area contributed by atoms with Crippen molar-refractivity contribution in [3.8, 4) is 5.69 Å². The smallest absolute Gasteiger partial charge is 0.199 e. The summed E-state index contributed by atoms with van der Waals surface area (Å²) in [5.74, 6) is -0.0116. The second-order valence-corrected chi connectivity index (χ2v) is 4.66. The standard InChI is InChI=1S/C15H11N3OS/c19-14(11-5-2-1-3-6-11)12-7-4-8-13(9-12)18-10-16-17-15(18)20/h1-10H,(H,17,20). The molecule has 0 saturated heterocycles. The van der Waals surface area contributed by atoms with Crippen molar-refractivity contribution < 1.29 is 4.79 Å². The molecule has 2 aromatic carbocycles. The van der Waals surface area contributed by atoms with Crippen LogP contribution in [0.5, 0.6) is 0 Å². The molecule has 4 nitrogen and oxygen atoms in total. The molecule has 0 amide bonds. The van der Waals surface area contributed by atoms with Gasteiger partial charge in [-0.15, -0.1) is 0 Å². The first-order valence-corrected chi connectivity index (χ1v) is 6.49. The SMILES string of the molecule is O=C(c1ccccc1)c1cccc(-n2cn[nH]c2=S)c1. The Kier molecular flexibility index (Phi) is 3.26. The molecule has 5 heteroatoms.